The fourth-order valence-corrected chi connectivity index (χ4v) is 6.30. The van der Waals surface area contributed by atoms with Crippen LogP contribution in [-0.4, -0.2) is 63.5 Å². The molecule has 0 radical (unpaired) electrons. The molecule has 2 N–H and O–H groups in total. The molecule has 5 atom stereocenters. The van der Waals surface area contributed by atoms with Crippen molar-refractivity contribution in [2.24, 2.45) is 23.2 Å². The molecule has 3 amide bonds. The van der Waals surface area contributed by atoms with Gasteiger partial charge < -0.3 is 20.3 Å². The minimum Gasteiger partial charge on any atom is -0.342 e. The third-order valence-electron chi connectivity index (χ3n) is 8.26. The first-order valence-electron chi connectivity index (χ1n) is 13.3. The average Bonchev–Trinajstić information content (AvgIpc) is 3.47. The fourth-order valence-electron chi connectivity index (χ4n) is 6.30. The smallest absolute Gasteiger partial charge is 0.272 e. The second-order valence-electron chi connectivity index (χ2n) is 11.7. The van der Waals surface area contributed by atoms with E-state index in [2.05, 4.69) is 20.6 Å². The normalized spacial score (nSPS) is 26.1. The molecule has 1 aromatic rings. The Bertz CT molecular complexity index is 957. The monoisotopic (exact) mass is 497 g/mol. The van der Waals surface area contributed by atoms with E-state index in [0.717, 1.165) is 57.7 Å². The lowest BCUT2D eigenvalue weighted by atomic mass is 9.82. The molecule has 196 valence electrons. The number of hydrogen-bond acceptors (Lipinski definition) is 6. The number of rotatable bonds is 7. The maximum absolute atomic E-state index is 13.8. The lowest BCUT2D eigenvalue weighted by Crippen LogP contribution is -2.61. The van der Waals surface area contributed by atoms with Crippen molar-refractivity contribution in [1.29, 1.82) is 0 Å². The summed E-state index contributed by atoms with van der Waals surface area (Å²) in [6, 6.07) is -2.03. The van der Waals surface area contributed by atoms with Crippen molar-refractivity contribution in [2.45, 2.75) is 90.3 Å². The zero-order chi connectivity index (χ0) is 25.9. The molecule has 9 heteroatoms. The van der Waals surface area contributed by atoms with E-state index in [1.165, 1.54) is 18.6 Å². The molecular formula is C27H39N5O4. The molecule has 4 rings (SSSR count). The Morgan fingerprint density at radius 1 is 1.03 bits per heavy atom. The molecule has 1 aliphatic heterocycles. The molecule has 2 heterocycles. The van der Waals surface area contributed by atoms with Crippen LogP contribution in [0.3, 0.4) is 0 Å². The Morgan fingerprint density at radius 3 is 2.42 bits per heavy atom. The van der Waals surface area contributed by atoms with Crippen molar-refractivity contribution >= 4 is 24.0 Å². The van der Waals surface area contributed by atoms with Crippen molar-refractivity contribution in [3.05, 3.63) is 24.3 Å². The molecule has 3 aliphatic rings. The van der Waals surface area contributed by atoms with Crippen molar-refractivity contribution in [3.63, 3.8) is 0 Å². The van der Waals surface area contributed by atoms with Crippen molar-refractivity contribution in [2.75, 3.05) is 6.54 Å². The summed E-state index contributed by atoms with van der Waals surface area (Å²) in [5, 5.41) is 5.89. The fraction of sp³-hybridized carbons (Fsp3) is 0.704. The van der Waals surface area contributed by atoms with Gasteiger partial charge in [-0.15, -0.1) is 0 Å². The summed E-state index contributed by atoms with van der Waals surface area (Å²) in [6.07, 6.45) is 13.0. The quantitative estimate of drug-likeness (QED) is 0.559. The molecule has 1 aromatic heterocycles. The van der Waals surface area contributed by atoms with E-state index in [0.29, 0.717) is 12.5 Å². The van der Waals surface area contributed by atoms with Crippen molar-refractivity contribution < 1.29 is 19.2 Å². The van der Waals surface area contributed by atoms with Crippen LogP contribution < -0.4 is 10.6 Å². The lowest BCUT2D eigenvalue weighted by Gasteiger charge is -2.37. The zero-order valence-corrected chi connectivity index (χ0v) is 21.6. The van der Waals surface area contributed by atoms with Crippen LogP contribution in [0.15, 0.2) is 18.6 Å². The standard InChI is InChI=1S/C27H39N5O4/c1-27(2,3)23(26(36)32-15-18-10-7-11-19(18)21(32)16-33)31-25(35)22(17-8-5-4-6-9-17)30-24(34)20-14-28-12-13-29-20/h12-14,16-19,21-23H,4-11,15H2,1-3H3,(H,30,34)(H,31,35)/t18-,19-,21+,22+,23+/m0/s1. The van der Waals surface area contributed by atoms with Crippen LogP contribution in [0.2, 0.25) is 0 Å². The van der Waals surface area contributed by atoms with Crippen LogP contribution in [0.25, 0.3) is 0 Å². The van der Waals surface area contributed by atoms with Gasteiger partial charge in [-0.3, -0.25) is 19.4 Å². The van der Waals surface area contributed by atoms with Crippen LogP contribution in [0, 0.1) is 23.2 Å². The van der Waals surface area contributed by atoms with Crippen molar-refractivity contribution in [1.82, 2.24) is 25.5 Å². The van der Waals surface area contributed by atoms with E-state index in [-0.39, 0.29) is 29.3 Å². The number of carbonyl (C=O) groups excluding carboxylic acids is 4. The number of aromatic nitrogens is 2. The summed E-state index contributed by atoms with van der Waals surface area (Å²) in [5.74, 6) is -0.505. The van der Waals surface area contributed by atoms with E-state index < -0.39 is 29.4 Å². The molecule has 0 unspecified atom stereocenters. The minimum absolute atomic E-state index is 0.0241. The van der Waals surface area contributed by atoms with Gasteiger partial charge in [0.15, 0.2) is 0 Å². The molecule has 9 nitrogen and oxygen atoms in total. The van der Waals surface area contributed by atoms with Gasteiger partial charge in [-0.05, 0) is 48.9 Å². The van der Waals surface area contributed by atoms with Gasteiger partial charge in [0.25, 0.3) is 5.91 Å². The summed E-state index contributed by atoms with van der Waals surface area (Å²) in [7, 11) is 0. The molecular weight excluding hydrogens is 458 g/mol. The number of likely N-dealkylation sites (tertiary alicyclic amines) is 1. The molecule has 0 bridgehead atoms. The van der Waals surface area contributed by atoms with Gasteiger partial charge in [0.1, 0.15) is 24.1 Å². The highest BCUT2D eigenvalue weighted by atomic mass is 16.2. The van der Waals surface area contributed by atoms with Crippen LogP contribution in [0.1, 0.15) is 82.6 Å². The van der Waals surface area contributed by atoms with Gasteiger partial charge in [-0.25, -0.2) is 4.98 Å². The topological polar surface area (TPSA) is 121 Å². The number of carbonyl (C=O) groups is 4. The van der Waals surface area contributed by atoms with Gasteiger partial charge in [0, 0.05) is 18.9 Å². The predicted molar refractivity (Wildman–Crippen MR) is 134 cm³/mol. The second-order valence-corrected chi connectivity index (χ2v) is 11.7. The third kappa shape index (κ3) is 5.60. The molecule has 2 aliphatic carbocycles. The summed E-state index contributed by atoms with van der Waals surface area (Å²) in [6.45, 7) is 6.30. The first-order valence-corrected chi connectivity index (χ1v) is 13.3. The number of amides is 3. The molecule has 1 saturated heterocycles. The number of aldehydes is 1. The Balaban J connectivity index is 1.54. The molecule has 0 spiro atoms. The molecule has 0 aromatic carbocycles. The zero-order valence-electron chi connectivity index (χ0n) is 21.6. The number of hydrogen-bond donors (Lipinski definition) is 2. The highest BCUT2D eigenvalue weighted by molar-refractivity contribution is 5.97. The summed E-state index contributed by atoms with van der Waals surface area (Å²) < 4.78 is 0. The van der Waals surface area contributed by atoms with E-state index >= 15 is 0 Å². The highest BCUT2D eigenvalue weighted by Crippen LogP contribution is 2.42. The SMILES string of the molecule is CC(C)(C)[C@H](NC(=O)[C@H](NC(=O)c1cnccn1)C1CCCCC1)C(=O)N1C[C@@H]2CCC[C@@H]2[C@H]1C=O. The van der Waals surface area contributed by atoms with Gasteiger partial charge >= 0.3 is 0 Å². The Kier molecular flexibility index (Phi) is 8.05. The Hall–Kier alpha value is -2.84. The number of nitrogens with zero attached hydrogens (tertiary/aromatic N) is 3. The van der Waals surface area contributed by atoms with Crippen LogP contribution in [0.4, 0.5) is 0 Å². The number of fused-ring (bicyclic) bond motifs is 1. The Labute approximate surface area is 213 Å². The minimum atomic E-state index is -0.814. The van der Waals surface area contributed by atoms with Gasteiger partial charge in [-0.1, -0.05) is 46.5 Å². The van der Waals surface area contributed by atoms with E-state index in [1.807, 2.05) is 20.8 Å². The van der Waals surface area contributed by atoms with Crippen LogP contribution >= 0.6 is 0 Å². The van der Waals surface area contributed by atoms with E-state index in [1.54, 1.807) is 4.90 Å². The Morgan fingerprint density at radius 2 is 1.78 bits per heavy atom. The first-order chi connectivity index (χ1) is 17.2. The van der Waals surface area contributed by atoms with E-state index in [4.69, 9.17) is 0 Å². The largest absolute Gasteiger partial charge is 0.342 e. The summed E-state index contributed by atoms with van der Waals surface area (Å²) >= 11 is 0. The number of nitrogens with one attached hydrogen (secondary N) is 2. The maximum Gasteiger partial charge on any atom is 0.272 e. The van der Waals surface area contributed by atoms with Crippen molar-refractivity contribution in [3.8, 4) is 0 Å². The van der Waals surface area contributed by atoms with Crippen LogP contribution in [-0.2, 0) is 14.4 Å². The maximum atomic E-state index is 13.8. The first kappa shape index (κ1) is 26.2. The average molecular weight is 498 g/mol. The summed E-state index contributed by atoms with van der Waals surface area (Å²) in [4.78, 5) is 62.2. The lowest BCUT2D eigenvalue weighted by molar-refractivity contribution is -0.142. The van der Waals surface area contributed by atoms with Gasteiger partial charge in [-0.2, -0.15) is 0 Å². The van der Waals surface area contributed by atoms with Gasteiger partial charge in [0.05, 0.1) is 12.2 Å². The summed E-state index contributed by atoms with van der Waals surface area (Å²) in [5.41, 5.74) is -0.434. The molecule has 3 fully saturated rings. The molecule has 2 saturated carbocycles. The predicted octanol–water partition coefficient (Wildman–Crippen LogP) is 2.51. The third-order valence-corrected chi connectivity index (χ3v) is 8.26. The molecule has 36 heavy (non-hydrogen) atoms. The van der Waals surface area contributed by atoms with Gasteiger partial charge in [0.2, 0.25) is 11.8 Å². The second kappa shape index (κ2) is 11.0. The van der Waals surface area contributed by atoms with Crippen LogP contribution in [0.5, 0.6) is 0 Å². The highest BCUT2D eigenvalue weighted by Gasteiger charge is 2.49. The van der Waals surface area contributed by atoms with E-state index in [9.17, 15) is 19.2 Å².